The molecule has 0 amide bonds. The van der Waals surface area contributed by atoms with Crippen LogP contribution >= 0.6 is 0 Å². The van der Waals surface area contributed by atoms with Crippen LogP contribution in [-0.4, -0.2) is 21.0 Å². The number of nitrogens with zero attached hydrogens (tertiary/aromatic N) is 2. The van der Waals surface area contributed by atoms with Crippen molar-refractivity contribution in [1.29, 1.82) is 0 Å². The van der Waals surface area contributed by atoms with Gasteiger partial charge in [-0.05, 0) is 10.3 Å². The van der Waals surface area contributed by atoms with Gasteiger partial charge in [0.25, 0.3) is 0 Å². The topological polar surface area (TPSA) is 80.5 Å². The first kappa shape index (κ1) is 20.2. The van der Waals surface area contributed by atoms with Gasteiger partial charge in [0.1, 0.15) is 11.6 Å². The SMILES string of the molecule is Cc1c(C)[n+](C)c(C(CC(=O)O)c2cc[nH+]cc2)n1O.[Cl-].[Cl-]. The first-order chi connectivity index (χ1) is 9.43. The number of aromatic nitrogens is 3. The van der Waals surface area contributed by atoms with Crippen LogP contribution in [0.25, 0.3) is 0 Å². The lowest BCUT2D eigenvalue weighted by atomic mass is 9.95. The van der Waals surface area contributed by atoms with E-state index in [1.165, 1.54) is 0 Å². The van der Waals surface area contributed by atoms with E-state index in [1.807, 2.05) is 30.7 Å². The minimum atomic E-state index is -0.903. The molecule has 0 saturated carbocycles. The van der Waals surface area contributed by atoms with Crippen molar-refractivity contribution in [3.63, 3.8) is 0 Å². The van der Waals surface area contributed by atoms with Gasteiger partial charge in [0, 0.05) is 26.0 Å². The van der Waals surface area contributed by atoms with Gasteiger partial charge in [0.05, 0.1) is 13.5 Å². The number of carbonyl (C=O) groups is 1. The molecule has 0 radical (unpaired) electrons. The average molecular weight is 348 g/mol. The Hall–Kier alpha value is -1.79. The van der Waals surface area contributed by atoms with Gasteiger partial charge in [0.2, 0.25) is 0 Å². The highest BCUT2D eigenvalue weighted by Crippen LogP contribution is 2.26. The van der Waals surface area contributed by atoms with E-state index in [0.717, 1.165) is 16.0 Å². The van der Waals surface area contributed by atoms with Crippen molar-refractivity contribution in [1.82, 2.24) is 4.73 Å². The van der Waals surface area contributed by atoms with E-state index in [-0.39, 0.29) is 31.2 Å². The summed E-state index contributed by atoms with van der Waals surface area (Å²) in [5.41, 5.74) is 2.45. The number of nitrogens with one attached hydrogen (secondary N) is 1. The second kappa shape index (κ2) is 8.00. The molecule has 1 atom stereocenters. The second-order valence-electron chi connectivity index (χ2n) is 4.88. The van der Waals surface area contributed by atoms with Crippen LogP contribution in [0.15, 0.2) is 24.5 Å². The molecule has 0 bridgehead atoms. The predicted octanol–water partition coefficient (Wildman–Crippen LogP) is -5.40. The Bertz CT molecular complexity index is 619. The van der Waals surface area contributed by atoms with E-state index in [0.29, 0.717) is 11.5 Å². The van der Waals surface area contributed by atoms with E-state index in [1.54, 1.807) is 19.3 Å². The number of carboxylic acid groups (broad SMARTS) is 1. The van der Waals surface area contributed by atoms with Crippen LogP contribution in [0.4, 0.5) is 0 Å². The molecule has 1 unspecified atom stereocenters. The largest absolute Gasteiger partial charge is 1.00 e. The zero-order valence-electron chi connectivity index (χ0n) is 12.5. The molecule has 2 aromatic heterocycles. The molecule has 0 aliphatic carbocycles. The summed E-state index contributed by atoms with van der Waals surface area (Å²) in [6, 6.07) is 3.65. The number of rotatable bonds is 4. The standard InChI is InChI=1S/C14H17N3O3.2ClH/c1-9-10(2)17(20)14(16(9)3)12(8-13(18)19)11-4-6-15-7-5-11;;/h4-7,12H,8H2,1-3H3,(H-,18,19,20);2*1H. The van der Waals surface area contributed by atoms with Crippen molar-refractivity contribution >= 4 is 5.97 Å². The average Bonchev–Trinajstić information content (AvgIpc) is 2.62. The lowest BCUT2D eigenvalue weighted by Gasteiger charge is -2.10. The Morgan fingerprint density at radius 1 is 1.32 bits per heavy atom. The van der Waals surface area contributed by atoms with E-state index >= 15 is 0 Å². The molecule has 0 aliphatic rings. The summed E-state index contributed by atoms with van der Waals surface area (Å²) in [7, 11) is 1.83. The third kappa shape index (κ3) is 3.69. The van der Waals surface area contributed by atoms with Crippen molar-refractivity contribution in [2.75, 3.05) is 0 Å². The van der Waals surface area contributed by atoms with Gasteiger partial charge in [-0.25, -0.2) is 9.55 Å². The normalized spacial score (nSPS) is 11.2. The van der Waals surface area contributed by atoms with Crippen molar-refractivity contribution in [2.45, 2.75) is 26.2 Å². The quantitative estimate of drug-likeness (QED) is 0.428. The maximum Gasteiger partial charge on any atom is 0.304 e. The number of hydrogen-bond acceptors (Lipinski definition) is 2. The number of carboxylic acids is 1. The summed E-state index contributed by atoms with van der Waals surface area (Å²) < 4.78 is 2.92. The van der Waals surface area contributed by atoms with Crippen molar-refractivity contribution < 1.29 is 49.5 Å². The van der Waals surface area contributed by atoms with Gasteiger partial charge in [0.15, 0.2) is 18.1 Å². The minimum absolute atomic E-state index is 0. The predicted molar refractivity (Wildman–Crippen MR) is 69.4 cm³/mol. The zero-order chi connectivity index (χ0) is 14.9. The molecule has 2 aromatic rings. The highest BCUT2D eigenvalue weighted by molar-refractivity contribution is 5.68. The van der Waals surface area contributed by atoms with Crippen LogP contribution in [0, 0.1) is 13.8 Å². The van der Waals surface area contributed by atoms with Gasteiger partial charge in [-0.2, -0.15) is 0 Å². The fraction of sp³-hybridized carbons (Fsp3) is 0.357. The monoisotopic (exact) mass is 347 g/mol. The molecule has 8 heteroatoms. The summed E-state index contributed by atoms with van der Waals surface area (Å²) in [5, 5.41) is 19.4. The number of aromatic amines is 1. The van der Waals surface area contributed by atoms with Crippen LogP contribution in [0.5, 0.6) is 0 Å². The summed E-state index contributed by atoms with van der Waals surface area (Å²) in [5.74, 6) is -0.752. The Morgan fingerprint density at radius 2 is 1.86 bits per heavy atom. The molecule has 0 aliphatic heterocycles. The third-order valence-electron chi connectivity index (χ3n) is 3.74. The molecule has 0 spiro atoms. The number of halogens is 2. The fourth-order valence-electron chi connectivity index (χ4n) is 2.43. The molecule has 22 heavy (non-hydrogen) atoms. The van der Waals surface area contributed by atoms with Gasteiger partial charge < -0.3 is 35.1 Å². The summed E-state index contributed by atoms with van der Waals surface area (Å²) in [6.45, 7) is 3.69. The molecule has 0 fully saturated rings. The smallest absolute Gasteiger partial charge is 0.304 e. The number of hydrogen-bond donors (Lipinski definition) is 2. The molecule has 2 rings (SSSR count). The van der Waals surface area contributed by atoms with Crippen molar-refractivity contribution in [3.8, 4) is 0 Å². The summed E-state index contributed by atoms with van der Waals surface area (Å²) in [6.07, 6.45) is 3.41. The van der Waals surface area contributed by atoms with Crippen LogP contribution in [0.3, 0.4) is 0 Å². The lowest BCUT2D eigenvalue weighted by molar-refractivity contribution is -0.686. The van der Waals surface area contributed by atoms with Crippen molar-refractivity contribution in [2.24, 2.45) is 7.05 Å². The Kier molecular flexibility index (Phi) is 7.35. The highest BCUT2D eigenvalue weighted by Gasteiger charge is 2.34. The van der Waals surface area contributed by atoms with Crippen LogP contribution in [-0.2, 0) is 11.8 Å². The summed E-state index contributed by atoms with van der Waals surface area (Å²) in [4.78, 5) is 14.1. The third-order valence-corrected chi connectivity index (χ3v) is 3.74. The maximum absolute atomic E-state index is 11.2. The van der Waals surface area contributed by atoms with Gasteiger partial charge in [-0.15, -0.1) is 0 Å². The minimum Gasteiger partial charge on any atom is -1.00 e. The first-order valence-corrected chi connectivity index (χ1v) is 6.38. The van der Waals surface area contributed by atoms with Crippen LogP contribution in [0.2, 0.25) is 0 Å². The number of imidazole rings is 1. The number of aliphatic carboxylic acids is 1. The highest BCUT2D eigenvalue weighted by atomic mass is 35.5. The van der Waals surface area contributed by atoms with Crippen LogP contribution < -0.4 is 34.4 Å². The molecule has 3 N–H and O–H groups in total. The summed E-state index contributed by atoms with van der Waals surface area (Å²) >= 11 is 0. The van der Waals surface area contributed by atoms with E-state index in [9.17, 15) is 10.0 Å². The van der Waals surface area contributed by atoms with Gasteiger partial charge in [-0.1, -0.05) is 0 Å². The molecule has 0 saturated heterocycles. The second-order valence-corrected chi connectivity index (χ2v) is 4.88. The molecule has 2 heterocycles. The van der Waals surface area contributed by atoms with Gasteiger partial charge >= 0.3 is 11.8 Å². The Labute approximate surface area is 141 Å². The number of H-pyrrole nitrogens is 1. The van der Waals surface area contributed by atoms with Gasteiger partial charge in [-0.3, -0.25) is 4.79 Å². The molecule has 122 valence electrons. The van der Waals surface area contributed by atoms with Crippen molar-refractivity contribution in [3.05, 3.63) is 47.3 Å². The first-order valence-electron chi connectivity index (χ1n) is 6.38. The maximum atomic E-state index is 11.2. The number of pyridine rings is 1. The van der Waals surface area contributed by atoms with E-state index in [4.69, 9.17) is 5.11 Å². The van der Waals surface area contributed by atoms with E-state index in [2.05, 4.69) is 4.98 Å². The zero-order valence-corrected chi connectivity index (χ0v) is 14.1. The van der Waals surface area contributed by atoms with E-state index < -0.39 is 11.9 Å². The molecule has 6 nitrogen and oxygen atoms in total. The lowest BCUT2D eigenvalue weighted by Crippen LogP contribution is -3.00. The molecule has 0 aromatic carbocycles. The Morgan fingerprint density at radius 3 is 2.27 bits per heavy atom. The Balaban J connectivity index is 0.00000220. The molecular weight excluding hydrogens is 329 g/mol. The molecular formula is C14H19Cl2N3O3. The fourth-order valence-corrected chi connectivity index (χ4v) is 2.43. The van der Waals surface area contributed by atoms with Crippen LogP contribution in [0.1, 0.15) is 35.1 Å².